The van der Waals surface area contributed by atoms with Crippen LogP contribution >= 0.6 is 0 Å². The zero-order valence-corrected chi connectivity index (χ0v) is 12.5. The van der Waals surface area contributed by atoms with Crippen LogP contribution in [0.3, 0.4) is 0 Å². The van der Waals surface area contributed by atoms with Crippen LogP contribution < -0.4 is 4.90 Å². The van der Waals surface area contributed by atoms with E-state index in [1.807, 2.05) is 0 Å². The molecule has 2 aliphatic rings. The van der Waals surface area contributed by atoms with E-state index in [-0.39, 0.29) is 0 Å². The van der Waals surface area contributed by atoms with E-state index < -0.39 is 0 Å². The third-order valence-corrected chi connectivity index (χ3v) is 4.57. The number of unbranched alkanes of at least 4 members (excludes halogenated alkanes) is 1. The maximum absolute atomic E-state index is 8.93. The van der Waals surface area contributed by atoms with Gasteiger partial charge in [-0.15, -0.1) is 0 Å². The monoisotopic (exact) mass is 274 g/mol. The lowest BCUT2D eigenvalue weighted by Gasteiger charge is -2.22. The third kappa shape index (κ3) is 3.15. The topological polar surface area (TPSA) is 26.7 Å². The highest BCUT2D eigenvalue weighted by atomic mass is 16.2. The van der Waals surface area contributed by atoms with E-state index in [2.05, 4.69) is 35.0 Å². The van der Waals surface area contributed by atoms with Crippen molar-refractivity contribution in [1.29, 1.82) is 0 Å². The summed E-state index contributed by atoms with van der Waals surface area (Å²) in [5.41, 5.74) is 4.37. The number of likely N-dealkylation sites (N-methyl/N-ethyl adjacent to an activating group) is 1. The lowest BCUT2D eigenvalue weighted by molar-refractivity contribution is 0.229. The van der Waals surface area contributed by atoms with Gasteiger partial charge in [0.15, 0.2) is 0 Å². The molecule has 3 nitrogen and oxygen atoms in total. The molecule has 0 amide bonds. The van der Waals surface area contributed by atoms with E-state index in [0.29, 0.717) is 6.61 Å². The molecule has 1 aliphatic heterocycles. The number of hydrogen-bond donors (Lipinski definition) is 1. The molecule has 3 heteroatoms. The number of aliphatic hydroxyl groups excluding tert-OH is 1. The smallest absolute Gasteiger partial charge is 0.0431 e. The highest BCUT2D eigenvalue weighted by molar-refractivity contribution is 5.58. The van der Waals surface area contributed by atoms with E-state index in [4.69, 9.17) is 5.11 Å². The van der Waals surface area contributed by atoms with Gasteiger partial charge in [-0.2, -0.15) is 0 Å². The minimum atomic E-state index is 0.323. The first kappa shape index (κ1) is 13.9. The molecule has 0 bridgehead atoms. The Morgan fingerprint density at radius 2 is 2.15 bits per heavy atom. The van der Waals surface area contributed by atoms with Gasteiger partial charge in [0, 0.05) is 38.5 Å². The summed E-state index contributed by atoms with van der Waals surface area (Å²) in [5, 5.41) is 8.93. The molecule has 1 aliphatic carbocycles. The number of anilines is 1. The summed E-state index contributed by atoms with van der Waals surface area (Å²) in [6.07, 6.45) is 5.94. The van der Waals surface area contributed by atoms with Crippen LogP contribution in [0.25, 0.3) is 0 Å². The first-order chi connectivity index (χ1) is 9.78. The Bertz CT molecular complexity index is 456. The van der Waals surface area contributed by atoms with Gasteiger partial charge < -0.3 is 10.0 Å². The van der Waals surface area contributed by atoms with Crippen molar-refractivity contribution in [3.8, 4) is 0 Å². The van der Waals surface area contributed by atoms with Crippen LogP contribution in [-0.4, -0.2) is 42.8 Å². The van der Waals surface area contributed by atoms with Crippen LogP contribution in [0.1, 0.15) is 36.8 Å². The van der Waals surface area contributed by atoms with E-state index in [1.165, 1.54) is 36.1 Å². The predicted octanol–water partition coefficient (Wildman–Crippen LogP) is 2.42. The molecule has 110 valence electrons. The molecular formula is C17H26N2O. The Balaban J connectivity index is 1.63. The first-order valence-electron chi connectivity index (χ1n) is 7.96. The average Bonchev–Trinajstić information content (AvgIpc) is 3.23. The standard InChI is InChI=1S/C17H26N2O/c1-18-10-8-15-12-14(4-7-17(15)18)13-19(16-5-6-16)9-2-3-11-20/h4,7,12,16,20H,2-3,5-6,8-11,13H2,1H3. The van der Waals surface area contributed by atoms with Gasteiger partial charge in [-0.3, -0.25) is 4.90 Å². The van der Waals surface area contributed by atoms with E-state index in [1.54, 1.807) is 0 Å². The molecule has 0 unspecified atom stereocenters. The van der Waals surface area contributed by atoms with Crippen molar-refractivity contribution >= 4 is 5.69 Å². The van der Waals surface area contributed by atoms with Crippen molar-refractivity contribution in [2.24, 2.45) is 0 Å². The molecule has 1 aromatic rings. The molecule has 1 saturated carbocycles. The Hall–Kier alpha value is -1.06. The van der Waals surface area contributed by atoms with E-state index in [0.717, 1.165) is 38.5 Å². The number of fused-ring (bicyclic) bond motifs is 1. The van der Waals surface area contributed by atoms with Gasteiger partial charge in [-0.1, -0.05) is 12.1 Å². The Morgan fingerprint density at radius 3 is 2.90 bits per heavy atom. The van der Waals surface area contributed by atoms with Gasteiger partial charge in [0.2, 0.25) is 0 Å². The highest BCUT2D eigenvalue weighted by Gasteiger charge is 2.28. The third-order valence-electron chi connectivity index (χ3n) is 4.57. The van der Waals surface area contributed by atoms with Crippen LogP contribution in [0.4, 0.5) is 5.69 Å². The maximum Gasteiger partial charge on any atom is 0.0431 e. The largest absolute Gasteiger partial charge is 0.396 e. The second-order valence-electron chi connectivity index (χ2n) is 6.27. The van der Waals surface area contributed by atoms with Crippen molar-refractivity contribution in [1.82, 2.24) is 4.90 Å². The van der Waals surface area contributed by atoms with Gasteiger partial charge in [0.1, 0.15) is 0 Å². The van der Waals surface area contributed by atoms with E-state index >= 15 is 0 Å². The number of hydrogen-bond acceptors (Lipinski definition) is 3. The molecule has 1 N–H and O–H groups in total. The summed E-state index contributed by atoms with van der Waals surface area (Å²) in [7, 11) is 2.18. The van der Waals surface area contributed by atoms with Gasteiger partial charge in [-0.25, -0.2) is 0 Å². The number of aliphatic hydroxyl groups is 1. The van der Waals surface area contributed by atoms with Crippen molar-refractivity contribution in [3.63, 3.8) is 0 Å². The molecule has 20 heavy (non-hydrogen) atoms. The van der Waals surface area contributed by atoms with Crippen LogP contribution in [0.5, 0.6) is 0 Å². The molecule has 0 aromatic heterocycles. The van der Waals surface area contributed by atoms with Crippen LogP contribution in [0, 0.1) is 0 Å². The number of benzene rings is 1. The molecule has 3 rings (SSSR count). The van der Waals surface area contributed by atoms with Crippen LogP contribution in [0.15, 0.2) is 18.2 Å². The summed E-state index contributed by atoms with van der Waals surface area (Å²) in [5.74, 6) is 0. The molecule has 1 fully saturated rings. The van der Waals surface area contributed by atoms with Gasteiger partial charge in [0.05, 0.1) is 0 Å². The average molecular weight is 274 g/mol. The fourth-order valence-electron chi connectivity index (χ4n) is 3.21. The van der Waals surface area contributed by atoms with Gasteiger partial charge >= 0.3 is 0 Å². The molecule has 0 saturated heterocycles. The summed E-state index contributed by atoms with van der Waals surface area (Å²) >= 11 is 0. The highest BCUT2D eigenvalue weighted by Crippen LogP contribution is 2.31. The van der Waals surface area contributed by atoms with Crippen molar-refractivity contribution in [3.05, 3.63) is 29.3 Å². The summed E-state index contributed by atoms with van der Waals surface area (Å²) < 4.78 is 0. The summed E-state index contributed by atoms with van der Waals surface area (Å²) in [6.45, 7) is 3.68. The van der Waals surface area contributed by atoms with E-state index in [9.17, 15) is 0 Å². The van der Waals surface area contributed by atoms with Crippen molar-refractivity contribution < 1.29 is 5.11 Å². The van der Waals surface area contributed by atoms with Crippen molar-refractivity contribution in [2.75, 3.05) is 31.6 Å². The summed E-state index contributed by atoms with van der Waals surface area (Å²) in [4.78, 5) is 4.95. The summed E-state index contributed by atoms with van der Waals surface area (Å²) in [6, 6.07) is 7.78. The lowest BCUT2D eigenvalue weighted by Crippen LogP contribution is -2.26. The maximum atomic E-state index is 8.93. The zero-order chi connectivity index (χ0) is 13.9. The molecular weight excluding hydrogens is 248 g/mol. The van der Waals surface area contributed by atoms with Crippen molar-refractivity contribution in [2.45, 2.75) is 44.7 Å². The number of nitrogens with zero attached hydrogens (tertiary/aromatic N) is 2. The Kier molecular flexibility index (Phi) is 4.27. The second-order valence-corrected chi connectivity index (χ2v) is 6.27. The first-order valence-corrected chi connectivity index (χ1v) is 7.96. The molecule has 1 aromatic carbocycles. The second kappa shape index (κ2) is 6.15. The molecule has 0 radical (unpaired) electrons. The van der Waals surface area contributed by atoms with Crippen LogP contribution in [0.2, 0.25) is 0 Å². The SMILES string of the molecule is CN1CCc2cc(CN(CCCCO)C3CC3)ccc21. The molecule has 0 spiro atoms. The normalized spacial score (nSPS) is 17.9. The quantitative estimate of drug-likeness (QED) is 0.774. The fourth-order valence-corrected chi connectivity index (χ4v) is 3.21. The predicted molar refractivity (Wildman–Crippen MR) is 83.2 cm³/mol. The Labute approximate surface area is 122 Å². The molecule has 0 atom stereocenters. The lowest BCUT2D eigenvalue weighted by atomic mass is 10.1. The fraction of sp³-hybridized carbons (Fsp3) is 0.647. The Morgan fingerprint density at radius 1 is 1.30 bits per heavy atom. The van der Waals surface area contributed by atoms with Gasteiger partial charge in [0.25, 0.3) is 0 Å². The minimum Gasteiger partial charge on any atom is -0.396 e. The molecule has 1 heterocycles. The van der Waals surface area contributed by atoms with Crippen LogP contribution in [-0.2, 0) is 13.0 Å². The minimum absolute atomic E-state index is 0.323. The number of rotatable bonds is 7. The zero-order valence-electron chi connectivity index (χ0n) is 12.5. The van der Waals surface area contributed by atoms with Gasteiger partial charge in [-0.05, 0) is 55.8 Å².